The molecule has 26 heavy (non-hydrogen) atoms. The topological polar surface area (TPSA) is 48.3 Å². The summed E-state index contributed by atoms with van der Waals surface area (Å²) < 4.78 is 13.6. The Labute approximate surface area is 153 Å². The zero-order valence-electron chi connectivity index (χ0n) is 14.7. The second-order valence-electron chi connectivity index (χ2n) is 6.43. The standard InChI is InChI=1S/C21H23N3O2/c1-2-6-17(7-3-1)15-24-16-18(13-23-24)12-22-14-19-8-4-9-20-21(19)26-11-5-10-25-20/h1-4,6-9,13,16,22H,5,10-12,14-15H2. The van der Waals surface area contributed by atoms with Gasteiger partial charge >= 0.3 is 0 Å². The number of para-hydroxylation sites is 1. The summed E-state index contributed by atoms with van der Waals surface area (Å²) >= 11 is 0. The van der Waals surface area contributed by atoms with Gasteiger partial charge in [0, 0.05) is 36.8 Å². The van der Waals surface area contributed by atoms with Gasteiger partial charge in [-0.2, -0.15) is 5.10 Å². The largest absolute Gasteiger partial charge is 0.490 e. The summed E-state index contributed by atoms with van der Waals surface area (Å²) in [6.45, 7) is 3.70. The van der Waals surface area contributed by atoms with Crippen molar-refractivity contribution in [3.63, 3.8) is 0 Å². The van der Waals surface area contributed by atoms with Gasteiger partial charge in [0.05, 0.1) is 26.0 Å². The van der Waals surface area contributed by atoms with E-state index in [4.69, 9.17) is 9.47 Å². The third-order valence-electron chi connectivity index (χ3n) is 4.37. The number of aromatic nitrogens is 2. The normalized spacial score (nSPS) is 13.4. The molecule has 2 aromatic carbocycles. The Kier molecular flexibility index (Phi) is 5.17. The molecule has 3 aromatic rings. The van der Waals surface area contributed by atoms with Gasteiger partial charge in [0.1, 0.15) is 0 Å². The van der Waals surface area contributed by atoms with Crippen LogP contribution in [-0.2, 0) is 19.6 Å². The van der Waals surface area contributed by atoms with Crippen LogP contribution in [0, 0.1) is 0 Å². The lowest BCUT2D eigenvalue weighted by Gasteiger charge is -2.12. The average Bonchev–Trinajstić information content (AvgIpc) is 2.96. The molecule has 0 saturated carbocycles. The zero-order chi connectivity index (χ0) is 17.6. The Balaban J connectivity index is 1.34. The van der Waals surface area contributed by atoms with Crippen molar-refractivity contribution in [1.82, 2.24) is 15.1 Å². The van der Waals surface area contributed by atoms with Crippen molar-refractivity contribution >= 4 is 0 Å². The molecule has 0 fully saturated rings. The molecule has 1 aliphatic rings. The number of hydrogen-bond donors (Lipinski definition) is 1. The van der Waals surface area contributed by atoms with Gasteiger partial charge in [0.2, 0.25) is 0 Å². The fourth-order valence-electron chi connectivity index (χ4n) is 3.09. The maximum Gasteiger partial charge on any atom is 0.165 e. The third kappa shape index (κ3) is 4.06. The summed E-state index contributed by atoms with van der Waals surface area (Å²) in [6, 6.07) is 16.4. The SMILES string of the molecule is c1ccc(Cn2cc(CNCc3cccc4c3OCCCO4)cn2)cc1. The first-order valence-electron chi connectivity index (χ1n) is 9.02. The van der Waals surface area contributed by atoms with Crippen molar-refractivity contribution in [2.75, 3.05) is 13.2 Å². The second kappa shape index (κ2) is 8.06. The average molecular weight is 349 g/mol. The van der Waals surface area contributed by atoms with E-state index in [9.17, 15) is 0 Å². The fraction of sp³-hybridized carbons (Fsp3) is 0.286. The smallest absolute Gasteiger partial charge is 0.165 e. The minimum absolute atomic E-state index is 0.705. The molecule has 2 heterocycles. The lowest BCUT2D eigenvalue weighted by molar-refractivity contribution is 0.296. The minimum Gasteiger partial charge on any atom is -0.490 e. The van der Waals surface area contributed by atoms with Gasteiger partial charge in [0.15, 0.2) is 11.5 Å². The molecule has 0 atom stereocenters. The first kappa shape index (κ1) is 16.7. The minimum atomic E-state index is 0.705. The molecular formula is C21H23N3O2. The predicted octanol–water partition coefficient (Wildman–Crippen LogP) is 3.38. The molecule has 0 spiro atoms. The summed E-state index contributed by atoms with van der Waals surface area (Å²) in [5.41, 5.74) is 3.54. The first-order chi connectivity index (χ1) is 12.9. The van der Waals surface area contributed by atoms with E-state index in [0.29, 0.717) is 13.2 Å². The van der Waals surface area contributed by atoms with E-state index in [-0.39, 0.29) is 0 Å². The molecule has 4 rings (SSSR count). The van der Waals surface area contributed by atoms with Gasteiger partial charge in [-0.15, -0.1) is 0 Å². The highest BCUT2D eigenvalue weighted by Gasteiger charge is 2.14. The van der Waals surface area contributed by atoms with Crippen LogP contribution in [0.4, 0.5) is 0 Å². The number of nitrogens with one attached hydrogen (secondary N) is 1. The molecule has 1 N–H and O–H groups in total. The van der Waals surface area contributed by atoms with E-state index in [1.807, 2.05) is 29.1 Å². The summed E-state index contributed by atoms with van der Waals surface area (Å²) in [7, 11) is 0. The highest BCUT2D eigenvalue weighted by atomic mass is 16.5. The molecule has 0 radical (unpaired) electrons. The van der Waals surface area contributed by atoms with Crippen molar-refractivity contribution in [3.05, 3.63) is 77.6 Å². The lowest BCUT2D eigenvalue weighted by Crippen LogP contribution is -2.13. The van der Waals surface area contributed by atoms with Crippen LogP contribution in [0.1, 0.15) is 23.1 Å². The number of benzene rings is 2. The van der Waals surface area contributed by atoms with Crippen molar-refractivity contribution in [1.29, 1.82) is 0 Å². The van der Waals surface area contributed by atoms with E-state index < -0.39 is 0 Å². The molecule has 0 aliphatic carbocycles. The Bertz CT molecular complexity index is 845. The van der Waals surface area contributed by atoms with E-state index in [1.54, 1.807) is 0 Å². The maximum atomic E-state index is 5.87. The summed E-state index contributed by atoms with van der Waals surface area (Å²) in [5.74, 6) is 1.72. The molecule has 0 bridgehead atoms. The van der Waals surface area contributed by atoms with Crippen molar-refractivity contribution in [2.45, 2.75) is 26.1 Å². The van der Waals surface area contributed by atoms with Crippen molar-refractivity contribution in [3.8, 4) is 11.5 Å². The van der Waals surface area contributed by atoms with Crippen LogP contribution in [-0.4, -0.2) is 23.0 Å². The van der Waals surface area contributed by atoms with Gasteiger partial charge in [0.25, 0.3) is 0 Å². The van der Waals surface area contributed by atoms with Crippen molar-refractivity contribution in [2.24, 2.45) is 0 Å². The van der Waals surface area contributed by atoms with Crippen LogP contribution in [0.25, 0.3) is 0 Å². The van der Waals surface area contributed by atoms with Crippen LogP contribution < -0.4 is 14.8 Å². The van der Waals surface area contributed by atoms with Crippen LogP contribution in [0.2, 0.25) is 0 Å². The van der Waals surface area contributed by atoms with E-state index in [2.05, 4.69) is 46.9 Å². The zero-order valence-corrected chi connectivity index (χ0v) is 14.7. The quantitative estimate of drug-likeness (QED) is 0.741. The summed E-state index contributed by atoms with van der Waals surface area (Å²) in [4.78, 5) is 0. The Hall–Kier alpha value is -2.79. The van der Waals surface area contributed by atoms with Gasteiger partial charge < -0.3 is 14.8 Å². The third-order valence-corrected chi connectivity index (χ3v) is 4.37. The van der Waals surface area contributed by atoms with E-state index in [1.165, 1.54) is 11.1 Å². The second-order valence-corrected chi connectivity index (χ2v) is 6.43. The summed E-state index contributed by atoms with van der Waals surface area (Å²) in [5, 5.41) is 7.93. The van der Waals surface area contributed by atoms with Gasteiger partial charge in [-0.1, -0.05) is 42.5 Å². The van der Waals surface area contributed by atoms with Crippen LogP contribution in [0.3, 0.4) is 0 Å². The van der Waals surface area contributed by atoms with Gasteiger partial charge in [-0.3, -0.25) is 4.68 Å². The number of ether oxygens (including phenoxy) is 2. The summed E-state index contributed by atoms with van der Waals surface area (Å²) in [6.07, 6.45) is 4.92. The number of nitrogens with zero attached hydrogens (tertiary/aromatic N) is 2. The number of rotatable bonds is 6. The Morgan fingerprint density at radius 2 is 1.81 bits per heavy atom. The van der Waals surface area contributed by atoms with E-state index in [0.717, 1.165) is 43.1 Å². The van der Waals surface area contributed by atoms with Crippen LogP contribution in [0.5, 0.6) is 11.5 Å². The van der Waals surface area contributed by atoms with Crippen LogP contribution in [0.15, 0.2) is 60.9 Å². The molecule has 0 unspecified atom stereocenters. The molecule has 0 saturated heterocycles. The van der Waals surface area contributed by atoms with Crippen molar-refractivity contribution < 1.29 is 9.47 Å². The first-order valence-corrected chi connectivity index (χ1v) is 9.02. The maximum absolute atomic E-state index is 5.87. The number of fused-ring (bicyclic) bond motifs is 1. The predicted molar refractivity (Wildman–Crippen MR) is 100 cm³/mol. The molecular weight excluding hydrogens is 326 g/mol. The molecule has 5 heteroatoms. The lowest BCUT2D eigenvalue weighted by atomic mass is 10.2. The highest BCUT2D eigenvalue weighted by molar-refractivity contribution is 5.47. The van der Waals surface area contributed by atoms with Crippen LogP contribution >= 0.6 is 0 Å². The monoisotopic (exact) mass is 349 g/mol. The molecule has 134 valence electrons. The Morgan fingerprint density at radius 1 is 0.923 bits per heavy atom. The number of hydrogen-bond acceptors (Lipinski definition) is 4. The highest BCUT2D eigenvalue weighted by Crippen LogP contribution is 2.33. The fourth-order valence-corrected chi connectivity index (χ4v) is 3.09. The van der Waals surface area contributed by atoms with Gasteiger partial charge in [-0.05, 0) is 11.6 Å². The molecule has 1 aromatic heterocycles. The Morgan fingerprint density at radius 3 is 2.73 bits per heavy atom. The van der Waals surface area contributed by atoms with E-state index >= 15 is 0 Å². The molecule has 0 amide bonds. The van der Waals surface area contributed by atoms with Gasteiger partial charge in [-0.25, -0.2) is 0 Å². The molecule has 5 nitrogen and oxygen atoms in total. The molecule has 1 aliphatic heterocycles.